The summed E-state index contributed by atoms with van der Waals surface area (Å²) in [5.74, 6) is -0.775. The number of hydrogen-bond acceptors (Lipinski definition) is 3. The predicted molar refractivity (Wildman–Crippen MR) is 74.3 cm³/mol. The second-order valence-electron chi connectivity index (χ2n) is 4.03. The maximum atomic E-state index is 13.0. The molecule has 0 atom stereocenters. The molecule has 1 aromatic heterocycles. The molecule has 0 saturated heterocycles. The average molecular weight is 271 g/mol. The summed E-state index contributed by atoms with van der Waals surface area (Å²) < 4.78 is 17.9. The molecule has 4 heteroatoms. The Kier molecular flexibility index (Phi) is 4.60. The highest BCUT2D eigenvalue weighted by atomic mass is 19.1. The van der Waals surface area contributed by atoms with Crippen molar-refractivity contribution in [3.8, 4) is 0 Å². The van der Waals surface area contributed by atoms with E-state index in [9.17, 15) is 9.18 Å². The van der Waals surface area contributed by atoms with E-state index < -0.39 is 5.97 Å². The van der Waals surface area contributed by atoms with Crippen molar-refractivity contribution in [2.75, 3.05) is 6.61 Å². The van der Waals surface area contributed by atoms with Crippen molar-refractivity contribution >= 4 is 11.5 Å². The molecule has 1 aromatic carbocycles. The van der Waals surface area contributed by atoms with Crippen LogP contribution < -0.4 is 0 Å². The van der Waals surface area contributed by atoms with Crippen molar-refractivity contribution < 1.29 is 13.9 Å². The first-order chi connectivity index (χ1) is 9.70. The van der Waals surface area contributed by atoms with Crippen molar-refractivity contribution in [3.05, 3.63) is 71.8 Å². The van der Waals surface area contributed by atoms with Crippen molar-refractivity contribution in [3.63, 3.8) is 0 Å². The monoisotopic (exact) mass is 271 g/mol. The quantitative estimate of drug-likeness (QED) is 0.633. The van der Waals surface area contributed by atoms with Crippen LogP contribution in [0.4, 0.5) is 4.39 Å². The first-order valence-electron chi connectivity index (χ1n) is 6.26. The molecule has 0 unspecified atom stereocenters. The summed E-state index contributed by atoms with van der Waals surface area (Å²) in [6.45, 7) is 2.04. The number of benzene rings is 1. The number of carbonyl (C=O) groups is 1. The Bertz CT molecular complexity index is 606. The third-order valence-electron chi connectivity index (χ3n) is 2.64. The second-order valence-corrected chi connectivity index (χ2v) is 4.03. The molecule has 0 bridgehead atoms. The SMILES string of the molecule is CCOC(=O)/C=C(\c1ccc(F)cc1)c1ccccn1. The van der Waals surface area contributed by atoms with Crippen LogP contribution in [0.1, 0.15) is 18.2 Å². The van der Waals surface area contributed by atoms with Crippen LogP contribution in [0.2, 0.25) is 0 Å². The van der Waals surface area contributed by atoms with Crippen molar-refractivity contribution in [1.82, 2.24) is 4.98 Å². The third kappa shape index (κ3) is 3.51. The van der Waals surface area contributed by atoms with Crippen molar-refractivity contribution in [2.45, 2.75) is 6.92 Å². The summed E-state index contributed by atoms with van der Waals surface area (Å²) >= 11 is 0. The molecule has 0 fully saturated rings. The van der Waals surface area contributed by atoms with Crippen LogP contribution in [0.25, 0.3) is 5.57 Å². The van der Waals surface area contributed by atoms with Gasteiger partial charge in [0.2, 0.25) is 0 Å². The van der Waals surface area contributed by atoms with Gasteiger partial charge in [0.15, 0.2) is 0 Å². The second kappa shape index (κ2) is 6.61. The molecule has 0 N–H and O–H groups in total. The van der Waals surface area contributed by atoms with Gasteiger partial charge in [-0.05, 0) is 36.8 Å². The standard InChI is InChI=1S/C16H14FNO2/c1-2-20-16(19)11-14(15-5-3-4-10-18-15)12-6-8-13(17)9-7-12/h3-11H,2H2,1H3/b14-11+. The molecule has 0 aliphatic heterocycles. The maximum absolute atomic E-state index is 13.0. The normalized spacial score (nSPS) is 11.2. The molecule has 0 aliphatic rings. The van der Waals surface area contributed by atoms with Gasteiger partial charge in [0.25, 0.3) is 0 Å². The van der Waals surface area contributed by atoms with E-state index in [1.54, 1.807) is 37.4 Å². The van der Waals surface area contributed by atoms with Gasteiger partial charge in [0, 0.05) is 17.8 Å². The fraction of sp³-hybridized carbons (Fsp3) is 0.125. The first-order valence-corrected chi connectivity index (χ1v) is 6.26. The molecular weight excluding hydrogens is 257 g/mol. The number of nitrogens with zero attached hydrogens (tertiary/aromatic N) is 1. The highest BCUT2D eigenvalue weighted by Crippen LogP contribution is 2.22. The Morgan fingerprint density at radius 1 is 1.25 bits per heavy atom. The van der Waals surface area contributed by atoms with Crippen LogP contribution in [-0.4, -0.2) is 17.6 Å². The summed E-state index contributed by atoms with van der Waals surface area (Å²) in [5, 5.41) is 0. The number of aromatic nitrogens is 1. The minimum Gasteiger partial charge on any atom is -0.463 e. The van der Waals surface area contributed by atoms with Crippen molar-refractivity contribution in [2.24, 2.45) is 0 Å². The lowest BCUT2D eigenvalue weighted by Crippen LogP contribution is -2.02. The van der Waals surface area contributed by atoms with Gasteiger partial charge < -0.3 is 4.74 Å². The van der Waals surface area contributed by atoms with E-state index in [4.69, 9.17) is 4.74 Å². The van der Waals surface area contributed by atoms with Gasteiger partial charge in [0.1, 0.15) is 5.82 Å². The number of pyridine rings is 1. The fourth-order valence-corrected chi connectivity index (χ4v) is 1.76. The number of halogens is 1. The molecule has 0 saturated carbocycles. The van der Waals surface area contributed by atoms with E-state index in [0.29, 0.717) is 23.4 Å². The fourth-order valence-electron chi connectivity index (χ4n) is 1.76. The van der Waals surface area contributed by atoms with Crippen LogP contribution >= 0.6 is 0 Å². The number of carbonyl (C=O) groups excluding carboxylic acids is 1. The molecule has 0 aliphatic carbocycles. The van der Waals surface area contributed by atoms with Gasteiger partial charge in [-0.2, -0.15) is 0 Å². The van der Waals surface area contributed by atoms with E-state index in [1.807, 2.05) is 6.07 Å². The number of ether oxygens (including phenoxy) is 1. The Morgan fingerprint density at radius 2 is 2.00 bits per heavy atom. The van der Waals surface area contributed by atoms with Gasteiger partial charge >= 0.3 is 5.97 Å². The Labute approximate surface area is 116 Å². The smallest absolute Gasteiger partial charge is 0.331 e. The third-order valence-corrected chi connectivity index (χ3v) is 2.64. The lowest BCUT2D eigenvalue weighted by Gasteiger charge is -2.07. The summed E-state index contributed by atoms with van der Waals surface area (Å²) in [6, 6.07) is 11.3. The van der Waals surface area contributed by atoms with Crippen molar-refractivity contribution in [1.29, 1.82) is 0 Å². The van der Waals surface area contributed by atoms with E-state index >= 15 is 0 Å². The molecule has 0 amide bonds. The van der Waals surface area contributed by atoms with Crippen LogP contribution in [0.15, 0.2) is 54.7 Å². The summed E-state index contributed by atoms with van der Waals surface area (Å²) in [4.78, 5) is 15.9. The molecule has 2 aromatic rings. The molecule has 0 spiro atoms. The van der Waals surface area contributed by atoms with E-state index in [1.165, 1.54) is 18.2 Å². The van der Waals surface area contributed by atoms with Crippen LogP contribution in [-0.2, 0) is 9.53 Å². The molecule has 102 valence electrons. The van der Waals surface area contributed by atoms with E-state index in [-0.39, 0.29) is 5.82 Å². The molecule has 0 radical (unpaired) electrons. The van der Waals surface area contributed by atoms with E-state index in [2.05, 4.69) is 4.98 Å². The zero-order chi connectivity index (χ0) is 14.4. The molecular formula is C16H14FNO2. The van der Waals surface area contributed by atoms with E-state index in [0.717, 1.165) is 0 Å². The summed E-state index contributed by atoms with van der Waals surface area (Å²) in [6.07, 6.45) is 3.01. The minimum atomic E-state index is -0.447. The number of esters is 1. The minimum absolute atomic E-state index is 0.300. The zero-order valence-corrected chi connectivity index (χ0v) is 11.0. The Hall–Kier alpha value is -2.49. The van der Waals surface area contributed by atoms with Gasteiger partial charge in [-0.1, -0.05) is 18.2 Å². The Balaban J connectivity index is 2.44. The lowest BCUT2D eigenvalue weighted by atomic mass is 10.0. The number of rotatable bonds is 4. The largest absolute Gasteiger partial charge is 0.463 e. The van der Waals surface area contributed by atoms with Gasteiger partial charge in [-0.25, -0.2) is 9.18 Å². The summed E-state index contributed by atoms with van der Waals surface area (Å²) in [7, 11) is 0. The average Bonchev–Trinajstić information content (AvgIpc) is 2.47. The molecule has 2 rings (SSSR count). The van der Waals surface area contributed by atoms with Crippen LogP contribution in [0.5, 0.6) is 0 Å². The highest BCUT2D eigenvalue weighted by molar-refractivity contribution is 5.95. The Morgan fingerprint density at radius 3 is 2.60 bits per heavy atom. The summed E-state index contributed by atoms with van der Waals surface area (Å²) in [5.41, 5.74) is 1.94. The van der Waals surface area contributed by atoms with Gasteiger partial charge in [-0.15, -0.1) is 0 Å². The topological polar surface area (TPSA) is 39.2 Å². The molecule has 20 heavy (non-hydrogen) atoms. The zero-order valence-electron chi connectivity index (χ0n) is 11.0. The lowest BCUT2D eigenvalue weighted by molar-refractivity contribution is -0.137. The van der Waals surface area contributed by atoms with Gasteiger partial charge in [0.05, 0.1) is 12.3 Å². The van der Waals surface area contributed by atoms with Gasteiger partial charge in [-0.3, -0.25) is 4.98 Å². The maximum Gasteiger partial charge on any atom is 0.331 e. The predicted octanol–water partition coefficient (Wildman–Crippen LogP) is 3.22. The molecule has 3 nitrogen and oxygen atoms in total. The number of hydrogen-bond donors (Lipinski definition) is 0. The van der Waals surface area contributed by atoms with Crippen LogP contribution in [0, 0.1) is 5.82 Å². The van der Waals surface area contributed by atoms with Crippen LogP contribution in [0.3, 0.4) is 0 Å². The first kappa shape index (κ1) is 13.9. The molecule has 1 heterocycles. The highest BCUT2D eigenvalue weighted by Gasteiger charge is 2.09.